The normalized spacial score (nSPS) is 26.6. The second-order valence-corrected chi connectivity index (χ2v) is 5.99. The summed E-state index contributed by atoms with van der Waals surface area (Å²) in [4.78, 5) is 2.79. The van der Waals surface area contributed by atoms with Crippen LogP contribution in [0.2, 0.25) is 0 Å². The maximum atomic E-state index is 3.53. The second kappa shape index (κ2) is 6.06. The summed E-state index contributed by atoms with van der Waals surface area (Å²) in [6, 6.07) is 10.5. The highest BCUT2D eigenvalue weighted by molar-refractivity contribution is 5.32. The Bertz CT molecular complexity index is 409. The van der Waals surface area contributed by atoms with Gasteiger partial charge < -0.3 is 5.32 Å². The maximum absolute atomic E-state index is 3.53. The van der Waals surface area contributed by atoms with E-state index in [9.17, 15) is 0 Å². The predicted molar refractivity (Wildman–Crippen MR) is 80.4 cm³/mol. The molecule has 1 saturated heterocycles. The number of fused-ring (bicyclic) bond motifs is 1. The summed E-state index contributed by atoms with van der Waals surface area (Å²) < 4.78 is 0. The van der Waals surface area contributed by atoms with Crippen LogP contribution in [0.15, 0.2) is 24.3 Å². The highest BCUT2D eigenvalue weighted by Gasteiger charge is 2.31. The molecule has 0 spiro atoms. The van der Waals surface area contributed by atoms with E-state index in [1.165, 1.54) is 51.7 Å². The zero-order chi connectivity index (χ0) is 13.1. The second-order valence-electron chi connectivity index (χ2n) is 5.99. The van der Waals surface area contributed by atoms with Gasteiger partial charge in [0.25, 0.3) is 0 Å². The van der Waals surface area contributed by atoms with Crippen molar-refractivity contribution >= 4 is 0 Å². The average Bonchev–Trinajstić information content (AvgIpc) is 2.98. The topological polar surface area (TPSA) is 15.3 Å². The fourth-order valence-electron chi connectivity index (χ4n) is 3.85. The van der Waals surface area contributed by atoms with Crippen molar-refractivity contribution < 1.29 is 0 Å². The van der Waals surface area contributed by atoms with Gasteiger partial charge in [-0.15, -0.1) is 0 Å². The lowest BCUT2D eigenvalue weighted by molar-refractivity contribution is 0.128. The first-order valence-corrected chi connectivity index (χ1v) is 7.94. The van der Waals surface area contributed by atoms with Gasteiger partial charge in [0.05, 0.1) is 0 Å². The van der Waals surface area contributed by atoms with Crippen LogP contribution in [0.3, 0.4) is 0 Å². The number of rotatable bonds is 4. The van der Waals surface area contributed by atoms with Crippen LogP contribution in [0.25, 0.3) is 0 Å². The van der Waals surface area contributed by atoms with Crippen LogP contribution in [0.1, 0.15) is 49.8 Å². The van der Waals surface area contributed by atoms with E-state index in [-0.39, 0.29) is 0 Å². The van der Waals surface area contributed by atoms with Crippen molar-refractivity contribution in [1.29, 1.82) is 0 Å². The number of nitrogens with zero attached hydrogens (tertiary/aromatic N) is 1. The summed E-state index contributed by atoms with van der Waals surface area (Å²) in [6.07, 6.45) is 6.54. The maximum Gasteiger partial charge on any atom is 0.0354 e. The van der Waals surface area contributed by atoms with Crippen molar-refractivity contribution in [2.75, 3.05) is 19.6 Å². The smallest absolute Gasteiger partial charge is 0.0354 e. The molecule has 1 fully saturated rings. The highest BCUT2D eigenvalue weighted by Crippen LogP contribution is 2.36. The Hall–Kier alpha value is -0.860. The Kier molecular flexibility index (Phi) is 4.19. The van der Waals surface area contributed by atoms with Crippen LogP contribution in [-0.2, 0) is 6.42 Å². The third kappa shape index (κ3) is 2.70. The molecule has 2 atom stereocenters. The van der Waals surface area contributed by atoms with Gasteiger partial charge in [-0.3, -0.25) is 4.90 Å². The molecule has 2 aliphatic rings. The molecule has 3 rings (SSSR count). The van der Waals surface area contributed by atoms with Gasteiger partial charge in [0.2, 0.25) is 0 Å². The van der Waals surface area contributed by atoms with Crippen molar-refractivity contribution in [1.82, 2.24) is 10.2 Å². The quantitative estimate of drug-likeness (QED) is 0.892. The molecule has 2 unspecified atom stereocenters. The third-order valence-corrected chi connectivity index (χ3v) is 4.72. The molecule has 1 heterocycles. The van der Waals surface area contributed by atoms with E-state index in [4.69, 9.17) is 0 Å². The van der Waals surface area contributed by atoms with Gasteiger partial charge in [-0.05, 0) is 56.3 Å². The lowest BCUT2D eigenvalue weighted by Crippen LogP contribution is -2.41. The zero-order valence-corrected chi connectivity index (χ0v) is 12.1. The van der Waals surface area contributed by atoms with E-state index in [0.29, 0.717) is 6.04 Å². The van der Waals surface area contributed by atoms with Crippen molar-refractivity contribution in [2.24, 2.45) is 0 Å². The van der Waals surface area contributed by atoms with E-state index in [2.05, 4.69) is 41.4 Å². The molecule has 2 nitrogen and oxygen atoms in total. The fourth-order valence-corrected chi connectivity index (χ4v) is 3.85. The van der Waals surface area contributed by atoms with Gasteiger partial charge in [0.1, 0.15) is 0 Å². The minimum atomic E-state index is 0.662. The molecule has 1 N–H and O–H groups in total. The lowest BCUT2D eigenvalue weighted by atomic mass is 9.86. The largest absolute Gasteiger partial charge is 0.315 e. The van der Waals surface area contributed by atoms with Gasteiger partial charge >= 0.3 is 0 Å². The van der Waals surface area contributed by atoms with Crippen molar-refractivity contribution in [3.8, 4) is 0 Å². The molecule has 0 bridgehead atoms. The number of benzene rings is 1. The Labute approximate surface area is 117 Å². The molecule has 104 valence electrons. The molecule has 0 radical (unpaired) electrons. The van der Waals surface area contributed by atoms with E-state index in [1.54, 1.807) is 11.1 Å². The van der Waals surface area contributed by atoms with E-state index >= 15 is 0 Å². The standard InChI is InChI=1S/C17H26N2/c1-2-12-19(15-10-11-18-13-15)17-9-5-7-14-6-3-4-8-16(14)17/h3-4,6,8,15,17-18H,2,5,7,9-13H2,1H3. The summed E-state index contributed by atoms with van der Waals surface area (Å²) in [5, 5.41) is 3.53. The first-order valence-electron chi connectivity index (χ1n) is 7.94. The minimum absolute atomic E-state index is 0.662. The predicted octanol–water partition coefficient (Wildman–Crippen LogP) is 3.14. The third-order valence-electron chi connectivity index (χ3n) is 4.72. The average molecular weight is 258 g/mol. The van der Waals surface area contributed by atoms with Crippen LogP contribution in [0.5, 0.6) is 0 Å². The SMILES string of the molecule is CCCN(C1CCNC1)C1CCCc2ccccc21. The Morgan fingerprint density at radius 3 is 2.95 bits per heavy atom. The molecule has 1 aromatic rings. The van der Waals surface area contributed by atoms with Gasteiger partial charge in [-0.1, -0.05) is 31.2 Å². The Balaban J connectivity index is 1.86. The van der Waals surface area contributed by atoms with Gasteiger partial charge in [-0.2, -0.15) is 0 Å². The van der Waals surface area contributed by atoms with Gasteiger partial charge in [0, 0.05) is 18.6 Å². The molecule has 0 amide bonds. The lowest BCUT2D eigenvalue weighted by Gasteiger charge is -2.39. The number of nitrogens with one attached hydrogen (secondary N) is 1. The summed E-state index contributed by atoms with van der Waals surface area (Å²) in [5.74, 6) is 0. The van der Waals surface area contributed by atoms with E-state index in [1.807, 2.05) is 0 Å². The van der Waals surface area contributed by atoms with Crippen LogP contribution in [-0.4, -0.2) is 30.6 Å². The van der Waals surface area contributed by atoms with Crippen molar-refractivity contribution in [2.45, 2.75) is 51.1 Å². The molecule has 1 aliphatic carbocycles. The van der Waals surface area contributed by atoms with Gasteiger partial charge in [0.15, 0.2) is 0 Å². The monoisotopic (exact) mass is 258 g/mol. The Morgan fingerprint density at radius 1 is 1.26 bits per heavy atom. The molecule has 2 heteroatoms. The fraction of sp³-hybridized carbons (Fsp3) is 0.647. The molecule has 1 aromatic carbocycles. The van der Waals surface area contributed by atoms with Crippen molar-refractivity contribution in [3.63, 3.8) is 0 Å². The van der Waals surface area contributed by atoms with Crippen LogP contribution in [0.4, 0.5) is 0 Å². The molecule has 1 aliphatic heterocycles. The molecule has 0 aromatic heterocycles. The summed E-state index contributed by atoms with van der Waals surface area (Å²) in [7, 11) is 0. The molecular weight excluding hydrogens is 232 g/mol. The van der Waals surface area contributed by atoms with Crippen LogP contribution in [0, 0.1) is 0 Å². The summed E-state index contributed by atoms with van der Waals surface area (Å²) in [5.41, 5.74) is 3.19. The van der Waals surface area contributed by atoms with E-state index < -0.39 is 0 Å². The molecule has 0 saturated carbocycles. The zero-order valence-electron chi connectivity index (χ0n) is 12.1. The van der Waals surface area contributed by atoms with Crippen LogP contribution >= 0.6 is 0 Å². The first kappa shape index (κ1) is 13.1. The molecular formula is C17H26N2. The summed E-state index contributed by atoms with van der Waals surface area (Å²) >= 11 is 0. The van der Waals surface area contributed by atoms with Crippen molar-refractivity contribution in [3.05, 3.63) is 35.4 Å². The Morgan fingerprint density at radius 2 is 2.16 bits per heavy atom. The number of aryl methyl sites for hydroxylation is 1. The minimum Gasteiger partial charge on any atom is -0.315 e. The number of hydrogen-bond donors (Lipinski definition) is 1. The highest BCUT2D eigenvalue weighted by atomic mass is 15.2. The van der Waals surface area contributed by atoms with E-state index in [0.717, 1.165) is 6.04 Å². The first-order chi connectivity index (χ1) is 9.40. The van der Waals surface area contributed by atoms with Gasteiger partial charge in [-0.25, -0.2) is 0 Å². The summed E-state index contributed by atoms with van der Waals surface area (Å²) in [6.45, 7) is 5.92. The number of hydrogen-bond acceptors (Lipinski definition) is 2. The molecule has 19 heavy (non-hydrogen) atoms. The van der Waals surface area contributed by atoms with Crippen LogP contribution < -0.4 is 5.32 Å².